The number of aromatic nitrogens is 1. The maximum Gasteiger partial charge on any atom is 0.0702 e. The Balaban J connectivity index is 2.27. The lowest BCUT2D eigenvalue weighted by molar-refractivity contribution is 0.299. The molecule has 0 fully saturated rings. The summed E-state index contributed by atoms with van der Waals surface area (Å²) in [5.74, 6) is 0. The Labute approximate surface area is 99.5 Å². The normalized spacial score (nSPS) is 10.4. The minimum Gasteiger partial charge on any atom is -0.396 e. The van der Waals surface area contributed by atoms with E-state index in [-0.39, 0.29) is 6.61 Å². The lowest BCUT2D eigenvalue weighted by atomic mass is 10.1. The molecule has 0 radical (unpaired) electrons. The maximum atomic E-state index is 8.80. The monoisotopic (exact) mass is 233 g/mol. The summed E-state index contributed by atoms with van der Waals surface area (Å²) >= 11 is 5.91. The second kappa shape index (κ2) is 5.10. The molecular formula is C13H12ClNO. The van der Waals surface area contributed by atoms with E-state index < -0.39 is 0 Å². The van der Waals surface area contributed by atoms with Gasteiger partial charge in [0.05, 0.1) is 5.69 Å². The van der Waals surface area contributed by atoms with Crippen molar-refractivity contribution in [3.05, 3.63) is 53.2 Å². The number of halogens is 1. The van der Waals surface area contributed by atoms with Crippen molar-refractivity contribution in [1.29, 1.82) is 0 Å². The Morgan fingerprint density at radius 2 is 2.06 bits per heavy atom. The van der Waals surface area contributed by atoms with Crippen LogP contribution in [0.1, 0.15) is 5.56 Å². The van der Waals surface area contributed by atoms with Gasteiger partial charge in [0.2, 0.25) is 0 Å². The zero-order chi connectivity index (χ0) is 11.4. The van der Waals surface area contributed by atoms with Crippen LogP contribution < -0.4 is 0 Å². The number of pyridine rings is 1. The predicted molar refractivity (Wildman–Crippen MR) is 65.5 cm³/mol. The Morgan fingerprint density at radius 1 is 1.19 bits per heavy atom. The first kappa shape index (κ1) is 11.1. The van der Waals surface area contributed by atoms with Gasteiger partial charge in [-0.25, -0.2) is 0 Å². The minimum atomic E-state index is 0.151. The molecule has 1 N–H and O–H groups in total. The molecule has 0 saturated heterocycles. The maximum absolute atomic E-state index is 8.80. The molecular weight excluding hydrogens is 222 g/mol. The third-order valence-corrected chi connectivity index (χ3v) is 2.58. The van der Waals surface area contributed by atoms with Crippen molar-refractivity contribution in [1.82, 2.24) is 4.98 Å². The minimum absolute atomic E-state index is 0.151. The largest absolute Gasteiger partial charge is 0.396 e. The molecule has 0 unspecified atom stereocenters. The average Bonchev–Trinajstić information content (AvgIpc) is 2.30. The fraction of sp³-hybridized carbons (Fsp3) is 0.154. The van der Waals surface area contributed by atoms with Crippen LogP contribution in [0.2, 0.25) is 5.02 Å². The highest BCUT2D eigenvalue weighted by molar-refractivity contribution is 6.30. The molecule has 1 heterocycles. The van der Waals surface area contributed by atoms with E-state index in [2.05, 4.69) is 4.98 Å². The van der Waals surface area contributed by atoms with Crippen LogP contribution >= 0.6 is 11.6 Å². The Kier molecular flexibility index (Phi) is 3.54. The topological polar surface area (TPSA) is 33.1 Å². The molecule has 0 aliphatic carbocycles. The Bertz CT molecular complexity index is 468. The highest BCUT2D eigenvalue weighted by atomic mass is 35.5. The van der Waals surface area contributed by atoms with Crippen molar-refractivity contribution < 1.29 is 5.11 Å². The summed E-state index contributed by atoms with van der Waals surface area (Å²) in [6, 6.07) is 11.5. The average molecular weight is 234 g/mol. The second-order valence-electron chi connectivity index (χ2n) is 3.54. The number of aliphatic hydroxyl groups is 1. The van der Waals surface area contributed by atoms with E-state index in [4.69, 9.17) is 16.7 Å². The van der Waals surface area contributed by atoms with Crippen LogP contribution in [0.25, 0.3) is 11.3 Å². The van der Waals surface area contributed by atoms with Gasteiger partial charge in [0.25, 0.3) is 0 Å². The summed E-state index contributed by atoms with van der Waals surface area (Å²) in [6.45, 7) is 0.151. The molecule has 0 aliphatic heterocycles. The number of nitrogens with zero attached hydrogens (tertiary/aromatic N) is 1. The van der Waals surface area contributed by atoms with E-state index in [1.54, 1.807) is 6.20 Å². The molecule has 1 aromatic carbocycles. The molecule has 0 atom stereocenters. The van der Waals surface area contributed by atoms with Crippen LogP contribution in [-0.2, 0) is 6.42 Å². The second-order valence-corrected chi connectivity index (χ2v) is 3.97. The molecule has 2 nitrogen and oxygen atoms in total. The van der Waals surface area contributed by atoms with Gasteiger partial charge in [-0.05, 0) is 30.2 Å². The van der Waals surface area contributed by atoms with Gasteiger partial charge in [-0.15, -0.1) is 0 Å². The van der Waals surface area contributed by atoms with Gasteiger partial charge >= 0.3 is 0 Å². The van der Waals surface area contributed by atoms with Crippen LogP contribution in [-0.4, -0.2) is 16.7 Å². The van der Waals surface area contributed by atoms with Crippen molar-refractivity contribution in [2.45, 2.75) is 6.42 Å². The Morgan fingerprint density at radius 3 is 2.69 bits per heavy atom. The smallest absolute Gasteiger partial charge is 0.0702 e. The van der Waals surface area contributed by atoms with E-state index in [0.29, 0.717) is 11.4 Å². The highest BCUT2D eigenvalue weighted by Crippen LogP contribution is 2.20. The number of benzene rings is 1. The quantitative estimate of drug-likeness (QED) is 0.884. The number of rotatable bonds is 3. The number of hydrogen-bond acceptors (Lipinski definition) is 2. The summed E-state index contributed by atoms with van der Waals surface area (Å²) in [7, 11) is 0. The van der Waals surface area contributed by atoms with E-state index in [1.165, 1.54) is 0 Å². The Hall–Kier alpha value is -1.38. The molecule has 2 aromatic rings. The fourth-order valence-electron chi connectivity index (χ4n) is 1.52. The molecule has 16 heavy (non-hydrogen) atoms. The molecule has 1 aromatic heterocycles. The van der Waals surface area contributed by atoms with Crippen molar-refractivity contribution in [3.8, 4) is 11.3 Å². The van der Waals surface area contributed by atoms with Crippen LogP contribution in [0.4, 0.5) is 0 Å². The summed E-state index contributed by atoms with van der Waals surface area (Å²) in [5.41, 5.74) is 2.93. The van der Waals surface area contributed by atoms with Gasteiger partial charge in [-0.1, -0.05) is 29.8 Å². The molecule has 0 spiro atoms. The van der Waals surface area contributed by atoms with Crippen molar-refractivity contribution >= 4 is 11.6 Å². The van der Waals surface area contributed by atoms with E-state index in [1.807, 2.05) is 36.4 Å². The summed E-state index contributed by atoms with van der Waals surface area (Å²) in [6.07, 6.45) is 2.43. The first-order chi connectivity index (χ1) is 7.79. The van der Waals surface area contributed by atoms with Gasteiger partial charge in [-0.3, -0.25) is 4.98 Å². The third kappa shape index (κ3) is 2.60. The summed E-state index contributed by atoms with van der Waals surface area (Å²) in [5, 5.41) is 9.50. The van der Waals surface area contributed by atoms with Crippen molar-refractivity contribution in [2.24, 2.45) is 0 Å². The zero-order valence-corrected chi connectivity index (χ0v) is 9.48. The lowest BCUT2D eigenvalue weighted by Crippen LogP contribution is -1.92. The van der Waals surface area contributed by atoms with Crippen LogP contribution in [0.15, 0.2) is 42.6 Å². The molecule has 0 saturated carbocycles. The summed E-state index contributed by atoms with van der Waals surface area (Å²) in [4.78, 5) is 4.34. The van der Waals surface area contributed by atoms with Crippen molar-refractivity contribution in [3.63, 3.8) is 0 Å². The van der Waals surface area contributed by atoms with Crippen molar-refractivity contribution in [2.75, 3.05) is 6.61 Å². The van der Waals surface area contributed by atoms with Gasteiger partial charge < -0.3 is 5.11 Å². The first-order valence-corrected chi connectivity index (χ1v) is 5.49. The standard InChI is InChI=1S/C13H12ClNO/c14-12-3-1-2-11(8-12)13-5-4-10(6-7-16)9-15-13/h1-5,8-9,16H,6-7H2. The molecule has 2 rings (SSSR count). The summed E-state index contributed by atoms with van der Waals surface area (Å²) < 4.78 is 0. The molecule has 0 amide bonds. The molecule has 82 valence electrons. The zero-order valence-electron chi connectivity index (χ0n) is 8.73. The van der Waals surface area contributed by atoms with Crippen LogP contribution in [0.3, 0.4) is 0 Å². The van der Waals surface area contributed by atoms with Gasteiger partial charge in [-0.2, -0.15) is 0 Å². The lowest BCUT2D eigenvalue weighted by Gasteiger charge is -2.03. The molecule has 0 aliphatic rings. The first-order valence-electron chi connectivity index (χ1n) is 5.11. The van der Waals surface area contributed by atoms with Gasteiger partial charge in [0.1, 0.15) is 0 Å². The van der Waals surface area contributed by atoms with E-state index in [9.17, 15) is 0 Å². The SMILES string of the molecule is OCCc1ccc(-c2cccc(Cl)c2)nc1. The van der Waals surface area contributed by atoms with E-state index >= 15 is 0 Å². The van der Waals surface area contributed by atoms with Crippen LogP contribution in [0, 0.1) is 0 Å². The van der Waals surface area contributed by atoms with Crippen LogP contribution in [0.5, 0.6) is 0 Å². The van der Waals surface area contributed by atoms with E-state index in [0.717, 1.165) is 16.8 Å². The third-order valence-electron chi connectivity index (χ3n) is 2.35. The van der Waals surface area contributed by atoms with Gasteiger partial charge in [0, 0.05) is 23.4 Å². The fourth-order valence-corrected chi connectivity index (χ4v) is 1.71. The predicted octanol–water partition coefficient (Wildman–Crippen LogP) is 2.94. The molecule has 3 heteroatoms. The number of aliphatic hydroxyl groups excluding tert-OH is 1. The highest BCUT2D eigenvalue weighted by Gasteiger charge is 2.00. The number of hydrogen-bond donors (Lipinski definition) is 1. The molecule has 0 bridgehead atoms. The van der Waals surface area contributed by atoms with Gasteiger partial charge in [0.15, 0.2) is 0 Å².